The summed E-state index contributed by atoms with van der Waals surface area (Å²) in [6.07, 6.45) is 1.64. The second-order valence-corrected chi connectivity index (χ2v) is 7.09. The van der Waals surface area contributed by atoms with E-state index in [-0.39, 0.29) is 11.2 Å². The number of hydrogen-bond donors (Lipinski definition) is 1. The van der Waals surface area contributed by atoms with E-state index in [0.717, 1.165) is 11.4 Å². The Kier molecular flexibility index (Phi) is 5.61. The molecule has 0 saturated carbocycles. The number of nitrogens with one attached hydrogen (secondary N) is 1. The molecule has 0 spiro atoms. The number of hydrogen-bond acceptors (Lipinski definition) is 8. The molecule has 0 fully saturated rings. The lowest BCUT2D eigenvalue weighted by atomic mass is 10.3. The predicted molar refractivity (Wildman–Crippen MR) is 96.4 cm³/mol. The fraction of sp³-hybridized carbons (Fsp3) is 0.267. The number of carbonyl (C=O) groups is 1. The number of tetrazole rings is 1. The topological polar surface area (TPSA) is 94.8 Å². The van der Waals surface area contributed by atoms with E-state index in [0.29, 0.717) is 16.9 Å². The molecule has 0 aliphatic carbocycles. The Morgan fingerprint density at radius 3 is 2.88 bits per heavy atom. The number of ether oxygens (including phenoxy) is 1. The van der Waals surface area contributed by atoms with Crippen LogP contribution in [0.2, 0.25) is 0 Å². The number of aromatic nitrogens is 5. The zero-order valence-corrected chi connectivity index (χ0v) is 15.3. The van der Waals surface area contributed by atoms with Crippen LogP contribution in [0.25, 0.3) is 5.69 Å². The molecule has 1 N–H and O–H groups in total. The molecule has 0 unspecified atom stereocenters. The predicted octanol–water partition coefficient (Wildman–Crippen LogP) is 2.64. The molecule has 3 aromatic rings. The van der Waals surface area contributed by atoms with Crippen molar-refractivity contribution < 1.29 is 9.53 Å². The minimum atomic E-state index is -0.378. The summed E-state index contributed by atoms with van der Waals surface area (Å²) in [7, 11) is 0. The van der Waals surface area contributed by atoms with Gasteiger partial charge >= 0.3 is 0 Å². The fourth-order valence-corrected chi connectivity index (χ4v) is 3.31. The number of carbonyl (C=O) groups excluding carboxylic acids is 1. The average Bonchev–Trinajstić information content (AvgIpc) is 3.28. The second-order valence-electron chi connectivity index (χ2n) is 4.89. The van der Waals surface area contributed by atoms with Gasteiger partial charge in [-0.25, -0.2) is 4.98 Å². The van der Waals surface area contributed by atoms with Crippen molar-refractivity contribution in [3.05, 3.63) is 35.8 Å². The van der Waals surface area contributed by atoms with Crippen LogP contribution in [0.15, 0.2) is 41.0 Å². The third-order valence-corrected chi connectivity index (χ3v) is 4.87. The Labute approximate surface area is 152 Å². The van der Waals surface area contributed by atoms with Gasteiger partial charge in [0.05, 0.1) is 17.5 Å². The number of thioether (sulfide) groups is 1. The standard InChI is InChI=1S/C15H16N6O2S2/c1-3-23-12-6-4-11(5-7-12)21-15(18-19-20-21)25-10(2)13(22)17-14-16-8-9-24-14/h4-10H,3H2,1-2H3,(H,16,17,22)/t10-/m0/s1. The van der Waals surface area contributed by atoms with E-state index in [4.69, 9.17) is 4.74 Å². The van der Waals surface area contributed by atoms with E-state index in [1.165, 1.54) is 23.1 Å². The molecule has 1 atom stereocenters. The summed E-state index contributed by atoms with van der Waals surface area (Å²) in [5.41, 5.74) is 0.795. The molecular formula is C15H16N6O2S2. The summed E-state index contributed by atoms with van der Waals surface area (Å²) in [6, 6.07) is 7.44. The van der Waals surface area contributed by atoms with E-state index in [1.54, 1.807) is 23.2 Å². The first-order chi connectivity index (χ1) is 12.2. The second kappa shape index (κ2) is 8.08. The number of rotatable bonds is 7. The molecule has 2 aromatic heterocycles. The third kappa shape index (κ3) is 4.34. The minimum absolute atomic E-state index is 0.152. The van der Waals surface area contributed by atoms with Gasteiger partial charge < -0.3 is 10.1 Å². The van der Waals surface area contributed by atoms with Gasteiger partial charge in [-0.3, -0.25) is 4.79 Å². The SMILES string of the molecule is CCOc1ccc(-n2nnnc2S[C@@H](C)C(=O)Nc2nccs2)cc1. The van der Waals surface area contributed by atoms with E-state index >= 15 is 0 Å². The molecular weight excluding hydrogens is 360 g/mol. The van der Waals surface area contributed by atoms with Gasteiger partial charge in [0.25, 0.3) is 0 Å². The first-order valence-electron chi connectivity index (χ1n) is 7.56. The van der Waals surface area contributed by atoms with Crippen molar-refractivity contribution >= 4 is 34.1 Å². The Hall–Kier alpha value is -2.46. The highest BCUT2D eigenvalue weighted by atomic mass is 32.2. The summed E-state index contributed by atoms with van der Waals surface area (Å²) in [5.74, 6) is 0.630. The molecule has 0 radical (unpaired) electrons. The first-order valence-corrected chi connectivity index (χ1v) is 9.32. The van der Waals surface area contributed by atoms with Crippen molar-refractivity contribution in [3.63, 3.8) is 0 Å². The van der Waals surface area contributed by atoms with Gasteiger partial charge in [0.15, 0.2) is 5.13 Å². The van der Waals surface area contributed by atoms with E-state index < -0.39 is 0 Å². The van der Waals surface area contributed by atoms with Crippen molar-refractivity contribution in [1.29, 1.82) is 0 Å². The zero-order chi connectivity index (χ0) is 17.6. The molecule has 3 rings (SSSR count). The Balaban J connectivity index is 1.69. The highest BCUT2D eigenvalue weighted by molar-refractivity contribution is 8.00. The fourth-order valence-electron chi connectivity index (χ4n) is 1.97. The van der Waals surface area contributed by atoms with Gasteiger partial charge in [-0.05, 0) is 48.5 Å². The third-order valence-electron chi connectivity index (χ3n) is 3.15. The molecule has 10 heteroatoms. The van der Waals surface area contributed by atoms with Crippen LogP contribution in [0.5, 0.6) is 5.75 Å². The maximum absolute atomic E-state index is 12.2. The first kappa shape index (κ1) is 17.4. The monoisotopic (exact) mass is 376 g/mol. The average molecular weight is 376 g/mol. The summed E-state index contributed by atoms with van der Waals surface area (Å²) in [5, 5.41) is 17.0. The van der Waals surface area contributed by atoms with Crippen LogP contribution >= 0.6 is 23.1 Å². The Bertz CT molecular complexity index is 819. The number of nitrogens with zero attached hydrogens (tertiary/aromatic N) is 5. The normalized spacial score (nSPS) is 11.9. The number of thiazole rings is 1. The van der Waals surface area contributed by atoms with Gasteiger partial charge in [-0.1, -0.05) is 11.8 Å². The smallest absolute Gasteiger partial charge is 0.239 e. The van der Waals surface area contributed by atoms with Crippen LogP contribution in [0.1, 0.15) is 13.8 Å². The lowest BCUT2D eigenvalue weighted by Gasteiger charge is -2.10. The van der Waals surface area contributed by atoms with Crippen molar-refractivity contribution in [2.45, 2.75) is 24.3 Å². The zero-order valence-electron chi connectivity index (χ0n) is 13.6. The number of amides is 1. The number of anilines is 1. The van der Waals surface area contributed by atoms with Gasteiger partial charge in [0.1, 0.15) is 5.75 Å². The maximum Gasteiger partial charge on any atom is 0.239 e. The highest BCUT2D eigenvalue weighted by Crippen LogP contribution is 2.25. The highest BCUT2D eigenvalue weighted by Gasteiger charge is 2.20. The molecule has 0 aliphatic rings. The molecule has 2 heterocycles. The molecule has 8 nitrogen and oxygen atoms in total. The summed E-state index contributed by atoms with van der Waals surface area (Å²) >= 11 is 2.65. The summed E-state index contributed by atoms with van der Waals surface area (Å²) in [6.45, 7) is 4.34. The number of benzene rings is 1. The van der Waals surface area contributed by atoms with Gasteiger partial charge in [0, 0.05) is 11.6 Å². The molecule has 25 heavy (non-hydrogen) atoms. The summed E-state index contributed by atoms with van der Waals surface area (Å²) in [4.78, 5) is 16.3. The molecule has 0 saturated heterocycles. The molecule has 130 valence electrons. The van der Waals surface area contributed by atoms with Crippen LogP contribution in [0.4, 0.5) is 5.13 Å². The van der Waals surface area contributed by atoms with E-state index in [2.05, 4.69) is 25.8 Å². The van der Waals surface area contributed by atoms with Crippen LogP contribution in [0.3, 0.4) is 0 Å². The van der Waals surface area contributed by atoms with Gasteiger partial charge in [-0.2, -0.15) is 4.68 Å². The van der Waals surface area contributed by atoms with E-state index in [1.807, 2.05) is 31.2 Å². The van der Waals surface area contributed by atoms with Gasteiger partial charge in [-0.15, -0.1) is 16.4 Å². The summed E-state index contributed by atoms with van der Waals surface area (Å²) < 4.78 is 7.02. The van der Waals surface area contributed by atoms with Crippen LogP contribution in [-0.4, -0.2) is 43.0 Å². The lowest BCUT2D eigenvalue weighted by molar-refractivity contribution is -0.115. The quantitative estimate of drug-likeness (QED) is 0.633. The van der Waals surface area contributed by atoms with Crippen LogP contribution in [0, 0.1) is 0 Å². The minimum Gasteiger partial charge on any atom is -0.494 e. The molecule has 1 aromatic carbocycles. The lowest BCUT2D eigenvalue weighted by Crippen LogP contribution is -2.22. The Morgan fingerprint density at radius 1 is 1.40 bits per heavy atom. The van der Waals surface area contributed by atoms with Gasteiger partial charge in [0.2, 0.25) is 11.1 Å². The van der Waals surface area contributed by atoms with Crippen LogP contribution in [-0.2, 0) is 4.79 Å². The largest absolute Gasteiger partial charge is 0.494 e. The van der Waals surface area contributed by atoms with Crippen molar-refractivity contribution in [2.24, 2.45) is 0 Å². The molecule has 1 amide bonds. The van der Waals surface area contributed by atoms with Crippen molar-refractivity contribution in [1.82, 2.24) is 25.2 Å². The Morgan fingerprint density at radius 2 is 2.20 bits per heavy atom. The van der Waals surface area contributed by atoms with E-state index in [9.17, 15) is 4.79 Å². The van der Waals surface area contributed by atoms with Crippen molar-refractivity contribution in [3.8, 4) is 11.4 Å². The molecule has 0 aliphatic heterocycles. The van der Waals surface area contributed by atoms with Crippen molar-refractivity contribution in [2.75, 3.05) is 11.9 Å². The maximum atomic E-state index is 12.2. The molecule has 0 bridgehead atoms. The van der Waals surface area contributed by atoms with Crippen LogP contribution < -0.4 is 10.1 Å².